The van der Waals surface area contributed by atoms with Crippen LogP contribution in [0, 0.1) is 0 Å². The average molecular weight is 380 g/mol. The molecule has 138 valence electrons. The lowest BCUT2D eigenvalue weighted by molar-refractivity contribution is -0.118. The summed E-state index contributed by atoms with van der Waals surface area (Å²) < 4.78 is 29.9. The number of anilines is 2. The van der Waals surface area contributed by atoms with Gasteiger partial charge in [0.15, 0.2) is 6.61 Å². The fraction of sp³-hybridized carbons (Fsp3) is 0.222. The molecule has 0 aromatic heterocycles. The Morgan fingerprint density at radius 1 is 1.12 bits per heavy atom. The average Bonchev–Trinajstić information content (AvgIpc) is 2.61. The van der Waals surface area contributed by atoms with E-state index < -0.39 is 5.76 Å². The number of alkyl halides is 2. The molecule has 2 aromatic rings. The first-order chi connectivity index (χ1) is 12.3. The Morgan fingerprint density at radius 3 is 2.27 bits per heavy atom. The molecule has 0 heterocycles. The summed E-state index contributed by atoms with van der Waals surface area (Å²) in [6.07, 6.45) is 0. The summed E-state index contributed by atoms with van der Waals surface area (Å²) in [5.74, 6) is -2.45. The molecule has 8 heteroatoms. The molecule has 0 fully saturated rings. The zero-order valence-corrected chi connectivity index (χ0v) is 15.1. The molecule has 0 spiro atoms. The first-order valence-corrected chi connectivity index (χ1v) is 8.55. The number of hydrogen-bond donors (Lipinski definition) is 1. The van der Waals surface area contributed by atoms with Crippen LogP contribution >= 0.6 is 11.8 Å². The Kier molecular flexibility index (Phi) is 6.97. The zero-order valence-electron chi connectivity index (χ0n) is 14.2. The van der Waals surface area contributed by atoms with Crippen LogP contribution in [0.3, 0.4) is 0 Å². The van der Waals surface area contributed by atoms with Gasteiger partial charge in [-0.25, -0.2) is 0 Å². The maximum atomic E-state index is 12.3. The normalized spacial score (nSPS) is 10.5. The third kappa shape index (κ3) is 6.03. The van der Waals surface area contributed by atoms with Crippen molar-refractivity contribution in [2.24, 2.45) is 0 Å². The van der Waals surface area contributed by atoms with E-state index >= 15 is 0 Å². The van der Waals surface area contributed by atoms with Crippen LogP contribution in [-0.4, -0.2) is 31.2 Å². The molecule has 2 amide bonds. The number of rotatable bonds is 7. The number of halogens is 2. The van der Waals surface area contributed by atoms with E-state index in [4.69, 9.17) is 4.74 Å². The number of nitrogens with zero attached hydrogens (tertiary/aromatic N) is 1. The van der Waals surface area contributed by atoms with E-state index in [0.29, 0.717) is 28.1 Å². The number of hydrogen-bond acceptors (Lipinski definition) is 4. The van der Waals surface area contributed by atoms with E-state index in [-0.39, 0.29) is 18.4 Å². The number of amides is 2. The minimum Gasteiger partial charge on any atom is -0.484 e. The van der Waals surface area contributed by atoms with E-state index in [1.165, 1.54) is 24.0 Å². The molecule has 1 N–H and O–H groups in total. The molecule has 0 unspecified atom stereocenters. The maximum absolute atomic E-state index is 12.3. The van der Waals surface area contributed by atoms with Crippen LogP contribution in [-0.2, 0) is 9.59 Å². The lowest BCUT2D eigenvalue weighted by Crippen LogP contribution is -2.22. The molecule has 2 rings (SSSR count). The van der Waals surface area contributed by atoms with Gasteiger partial charge < -0.3 is 15.0 Å². The lowest BCUT2D eigenvalue weighted by atomic mass is 10.3. The third-order valence-electron chi connectivity index (χ3n) is 3.43. The second kappa shape index (κ2) is 9.19. The molecular weight excluding hydrogens is 362 g/mol. The molecule has 0 atom stereocenters. The molecular formula is C18H18F2N2O3S. The highest BCUT2D eigenvalue weighted by Gasteiger charge is 2.08. The molecule has 0 saturated carbocycles. The minimum atomic E-state index is -2.48. The fourth-order valence-electron chi connectivity index (χ4n) is 2.01. The number of carbonyl (C=O) groups excluding carboxylic acids is 2. The summed E-state index contributed by atoms with van der Waals surface area (Å²) in [6.45, 7) is 1.27. The van der Waals surface area contributed by atoms with E-state index in [1.54, 1.807) is 43.4 Å². The van der Waals surface area contributed by atoms with E-state index in [2.05, 4.69) is 5.32 Å². The zero-order chi connectivity index (χ0) is 19.1. The van der Waals surface area contributed by atoms with Gasteiger partial charge in [-0.1, -0.05) is 11.8 Å². The number of benzene rings is 2. The van der Waals surface area contributed by atoms with Gasteiger partial charge in [-0.2, -0.15) is 8.78 Å². The maximum Gasteiger partial charge on any atom is 0.288 e. The van der Waals surface area contributed by atoms with Gasteiger partial charge in [0.1, 0.15) is 5.75 Å². The third-order valence-corrected chi connectivity index (χ3v) is 4.15. The van der Waals surface area contributed by atoms with Crippen LogP contribution in [0.25, 0.3) is 0 Å². The van der Waals surface area contributed by atoms with Crippen molar-refractivity contribution in [2.75, 3.05) is 23.9 Å². The van der Waals surface area contributed by atoms with Crippen LogP contribution in [0.1, 0.15) is 6.92 Å². The van der Waals surface area contributed by atoms with Crippen molar-refractivity contribution in [2.45, 2.75) is 17.6 Å². The molecule has 0 bridgehead atoms. The van der Waals surface area contributed by atoms with Crippen molar-refractivity contribution in [3.05, 3.63) is 48.5 Å². The summed E-state index contributed by atoms with van der Waals surface area (Å²) in [7, 11) is 1.66. The Hall–Kier alpha value is -2.61. The molecule has 0 aliphatic heterocycles. The summed E-state index contributed by atoms with van der Waals surface area (Å²) in [5.41, 5.74) is 1.21. The quantitative estimate of drug-likeness (QED) is 0.738. The molecule has 26 heavy (non-hydrogen) atoms. The molecule has 5 nitrogen and oxygen atoms in total. The highest BCUT2D eigenvalue weighted by molar-refractivity contribution is 7.99. The van der Waals surface area contributed by atoms with E-state index in [9.17, 15) is 18.4 Å². The van der Waals surface area contributed by atoms with Gasteiger partial charge in [0.05, 0.1) is 0 Å². The van der Waals surface area contributed by atoms with Crippen molar-refractivity contribution in [1.29, 1.82) is 0 Å². The summed E-state index contributed by atoms with van der Waals surface area (Å²) in [4.78, 5) is 25.1. The first-order valence-electron chi connectivity index (χ1n) is 7.67. The summed E-state index contributed by atoms with van der Waals surface area (Å²) >= 11 is 0.443. The second-order valence-corrected chi connectivity index (χ2v) is 6.38. The monoisotopic (exact) mass is 380 g/mol. The SMILES string of the molecule is CC(=O)N(C)c1ccc(OCC(=O)Nc2ccc(SC(F)F)cc2)cc1. The Balaban J connectivity index is 1.84. The van der Waals surface area contributed by atoms with Crippen molar-refractivity contribution in [3.63, 3.8) is 0 Å². The van der Waals surface area contributed by atoms with E-state index in [1.807, 2.05) is 0 Å². The second-order valence-electron chi connectivity index (χ2n) is 5.31. The van der Waals surface area contributed by atoms with Gasteiger partial charge in [-0.05, 0) is 48.5 Å². The Bertz CT molecular complexity index is 752. The van der Waals surface area contributed by atoms with Crippen LogP contribution < -0.4 is 15.0 Å². The van der Waals surface area contributed by atoms with Crippen molar-refractivity contribution in [1.82, 2.24) is 0 Å². The first kappa shape index (κ1) is 19.7. The highest BCUT2D eigenvalue weighted by Crippen LogP contribution is 2.26. The van der Waals surface area contributed by atoms with Gasteiger partial charge in [0.2, 0.25) is 5.91 Å². The number of thioether (sulfide) groups is 1. The number of ether oxygens (including phenoxy) is 1. The standard InChI is InChI=1S/C18H18F2N2O3S/c1-12(23)22(2)14-5-7-15(8-6-14)25-11-17(24)21-13-3-9-16(10-4-13)26-18(19)20/h3-10,18H,11H2,1-2H3,(H,21,24). The van der Waals surface area contributed by atoms with Gasteiger partial charge in [0.25, 0.3) is 11.7 Å². The van der Waals surface area contributed by atoms with Crippen LogP contribution in [0.15, 0.2) is 53.4 Å². The van der Waals surface area contributed by atoms with Crippen LogP contribution in [0.2, 0.25) is 0 Å². The molecule has 0 saturated heterocycles. The minimum absolute atomic E-state index is 0.0870. The topological polar surface area (TPSA) is 58.6 Å². The fourth-order valence-corrected chi connectivity index (χ4v) is 2.51. The Labute approximate surface area is 154 Å². The number of nitrogens with one attached hydrogen (secondary N) is 1. The van der Waals surface area contributed by atoms with Crippen molar-refractivity contribution < 1.29 is 23.1 Å². The Morgan fingerprint density at radius 2 is 1.73 bits per heavy atom. The van der Waals surface area contributed by atoms with E-state index in [0.717, 1.165) is 5.69 Å². The predicted octanol–water partition coefficient (Wildman–Crippen LogP) is 4.00. The summed E-state index contributed by atoms with van der Waals surface area (Å²) in [6, 6.07) is 12.9. The van der Waals surface area contributed by atoms with Crippen molar-refractivity contribution in [3.8, 4) is 5.75 Å². The van der Waals surface area contributed by atoms with Crippen LogP contribution in [0.4, 0.5) is 20.2 Å². The molecule has 0 aliphatic carbocycles. The van der Waals surface area contributed by atoms with Gasteiger partial charge >= 0.3 is 0 Å². The van der Waals surface area contributed by atoms with Gasteiger partial charge in [-0.15, -0.1) is 0 Å². The highest BCUT2D eigenvalue weighted by atomic mass is 32.2. The number of carbonyl (C=O) groups is 2. The lowest BCUT2D eigenvalue weighted by Gasteiger charge is -2.15. The van der Waals surface area contributed by atoms with Crippen molar-refractivity contribution >= 4 is 35.0 Å². The molecule has 0 aliphatic rings. The molecule has 0 radical (unpaired) electrons. The van der Waals surface area contributed by atoms with Crippen LogP contribution in [0.5, 0.6) is 5.75 Å². The predicted molar refractivity (Wildman–Crippen MR) is 98.0 cm³/mol. The van der Waals surface area contributed by atoms with Gasteiger partial charge in [-0.3, -0.25) is 9.59 Å². The molecule has 2 aromatic carbocycles. The van der Waals surface area contributed by atoms with Gasteiger partial charge in [0, 0.05) is 30.2 Å². The smallest absolute Gasteiger partial charge is 0.288 e. The summed E-state index contributed by atoms with van der Waals surface area (Å²) in [5, 5.41) is 2.62. The largest absolute Gasteiger partial charge is 0.484 e.